The summed E-state index contributed by atoms with van der Waals surface area (Å²) in [5.74, 6) is 6.10. The number of carbonyl (C=O) groups is 2. The van der Waals surface area contributed by atoms with Gasteiger partial charge in [0.05, 0.1) is 0 Å². The van der Waals surface area contributed by atoms with Crippen molar-refractivity contribution in [1.82, 2.24) is 0 Å². The molecule has 0 aromatic rings. The minimum Gasteiger partial charge on any atom is -0.458 e. The maximum absolute atomic E-state index is 12.0. The average Bonchev–Trinajstić information content (AvgIpc) is 3.41. The zero-order valence-electron chi connectivity index (χ0n) is 17.8. The second-order valence-electron chi connectivity index (χ2n) is 10.4. The Balaban J connectivity index is 1.43. The molecule has 0 saturated heterocycles. The Morgan fingerprint density at radius 2 is 1.90 bits per heavy atom. The Labute approximate surface area is 173 Å². The van der Waals surface area contributed by atoms with E-state index in [1.54, 1.807) is 0 Å². The lowest BCUT2D eigenvalue weighted by Crippen LogP contribution is -2.56. The molecule has 9 atom stereocenters. The maximum Gasteiger partial charge on any atom is 0.304 e. The highest BCUT2D eigenvalue weighted by molar-refractivity contribution is 5.68. The predicted octanol–water partition coefficient (Wildman–Crippen LogP) is 4.28. The molecular weight excluding hydrogens is 364 g/mol. The average molecular weight is 397 g/mol. The topological polar surface area (TPSA) is 52.6 Å². The molecule has 5 aliphatic carbocycles. The van der Waals surface area contributed by atoms with Crippen LogP contribution < -0.4 is 0 Å². The predicted molar refractivity (Wildman–Crippen MR) is 108 cm³/mol. The fraction of sp³-hybridized carbons (Fsp3) is 0.760. The van der Waals surface area contributed by atoms with Crippen molar-refractivity contribution in [3.8, 4) is 12.3 Å². The van der Waals surface area contributed by atoms with E-state index >= 15 is 0 Å². The van der Waals surface area contributed by atoms with E-state index in [9.17, 15) is 9.59 Å². The molecule has 5 rings (SSSR count). The number of rotatable bonds is 2. The van der Waals surface area contributed by atoms with E-state index in [4.69, 9.17) is 15.9 Å². The van der Waals surface area contributed by atoms with Crippen LogP contribution in [0.1, 0.15) is 65.7 Å². The summed E-state index contributed by atoms with van der Waals surface area (Å²) >= 11 is 0. The molecule has 0 aliphatic heterocycles. The summed E-state index contributed by atoms with van der Waals surface area (Å²) in [6, 6.07) is 0. The third-order valence-electron chi connectivity index (χ3n) is 9.17. The van der Waals surface area contributed by atoms with Gasteiger partial charge in [-0.1, -0.05) is 18.4 Å². The highest BCUT2D eigenvalue weighted by Gasteiger charge is 2.77. The zero-order chi connectivity index (χ0) is 20.6. The number of carbonyl (C=O) groups excluding carboxylic acids is 2. The van der Waals surface area contributed by atoms with Crippen LogP contribution in [0.5, 0.6) is 0 Å². The third-order valence-corrected chi connectivity index (χ3v) is 9.17. The summed E-state index contributed by atoms with van der Waals surface area (Å²) in [5, 5.41) is 0. The second kappa shape index (κ2) is 6.37. The lowest BCUT2D eigenvalue weighted by molar-refractivity contribution is -0.174. The van der Waals surface area contributed by atoms with E-state index in [1.807, 2.05) is 0 Å². The largest absolute Gasteiger partial charge is 0.458 e. The molecule has 0 heterocycles. The second-order valence-corrected chi connectivity index (χ2v) is 10.4. The van der Waals surface area contributed by atoms with Crippen LogP contribution in [0.3, 0.4) is 0 Å². The van der Waals surface area contributed by atoms with Crippen molar-refractivity contribution in [2.45, 2.75) is 77.4 Å². The van der Waals surface area contributed by atoms with Crippen LogP contribution in [0.4, 0.5) is 0 Å². The molecule has 0 aromatic carbocycles. The number of esters is 2. The molecule has 4 fully saturated rings. The Kier molecular flexibility index (Phi) is 4.22. The van der Waals surface area contributed by atoms with Gasteiger partial charge in [0, 0.05) is 25.2 Å². The lowest BCUT2D eigenvalue weighted by Gasteiger charge is -2.56. The van der Waals surface area contributed by atoms with Crippen molar-refractivity contribution in [2.75, 3.05) is 0 Å². The van der Waals surface area contributed by atoms with Gasteiger partial charge in [-0.05, 0) is 80.6 Å². The monoisotopic (exact) mass is 396 g/mol. The van der Waals surface area contributed by atoms with Gasteiger partial charge in [-0.3, -0.25) is 9.59 Å². The van der Waals surface area contributed by atoms with Gasteiger partial charge in [0.25, 0.3) is 0 Å². The molecule has 0 unspecified atom stereocenters. The summed E-state index contributed by atoms with van der Waals surface area (Å²) in [6.45, 7) is 5.31. The van der Waals surface area contributed by atoms with Crippen molar-refractivity contribution in [3.63, 3.8) is 0 Å². The van der Waals surface area contributed by atoms with Gasteiger partial charge >= 0.3 is 11.9 Å². The number of hydrogen-bond acceptors (Lipinski definition) is 4. The SMILES string of the molecule is C#C[C@]1(OC(C)=O)[C@@H]2C[C@@H]2[C@H]2[C@@H]3CCC4=C[C@@H](OC(C)=O)CC[C@@H]4[C@H]3CC[C@@]21C. The van der Waals surface area contributed by atoms with Crippen LogP contribution in [0, 0.1) is 53.3 Å². The van der Waals surface area contributed by atoms with E-state index in [0.29, 0.717) is 35.5 Å². The Morgan fingerprint density at radius 1 is 1.10 bits per heavy atom. The van der Waals surface area contributed by atoms with Gasteiger partial charge < -0.3 is 9.47 Å². The van der Waals surface area contributed by atoms with Crippen molar-refractivity contribution < 1.29 is 19.1 Å². The first-order valence-corrected chi connectivity index (χ1v) is 11.4. The van der Waals surface area contributed by atoms with Gasteiger partial charge in [-0.2, -0.15) is 0 Å². The first-order chi connectivity index (χ1) is 13.8. The number of hydrogen-bond donors (Lipinski definition) is 0. The summed E-state index contributed by atoms with van der Waals surface area (Å²) in [7, 11) is 0. The van der Waals surface area contributed by atoms with E-state index in [1.165, 1.54) is 25.8 Å². The Hall–Kier alpha value is -1.76. The van der Waals surface area contributed by atoms with E-state index < -0.39 is 5.60 Å². The molecule has 0 aromatic heterocycles. The molecule has 4 saturated carbocycles. The van der Waals surface area contributed by atoms with Gasteiger partial charge in [0.2, 0.25) is 0 Å². The van der Waals surface area contributed by atoms with Crippen molar-refractivity contribution in [2.24, 2.45) is 40.9 Å². The molecule has 29 heavy (non-hydrogen) atoms. The highest BCUT2D eigenvalue weighted by atomic mass is 16.6. The van der Waals surface area contributed by atoms with Crippen molar-refractivity contribution in [3.05, 3.63) is 11.6 Å². The maximum atomic E-state index is 12.0. The smallest absolute Gasteiger partial charge is 0.304 e. The first kappa shape index (κ1) is 19.2. The first-order valence-electron chi connectivity index (χ1n) is 11.4. The van der Waals surface area contributed by atoms with Crippen LogP contribution in [0.2, 0.25) is 0 Å². The summed E-state index contributed by atoms with van der Waals surface area (Å²) in [5.41, 5.74) is 0.710. The fourth-order valence-corrected chi connectivity index (χ4v) is 8.30. The Morgan fingerprint density at radius 3 is 2.59 bits per heavy atom. The van der Waals surface area contributed by atoms with Gasteiger partial charge in [-0.15, -0.1) is 6.42 Å². The molecule has 0 N–H and O–H groups in total. The van der Waals surface area contributed by atoms with Crippen LogP contribution in [0.15, 0.2) is 11.6 Å². The summed E-state index contributed by atoms with van der Waals surface area (Å²) in [4.78, 5) is 23.3. The minimum absolute atomic E-state index is 0.0403. The minimum atomic E-state index is -0.706. The zero-order valence-corrected chi connectivity index (χ0v) is 17.8. The van der Waals surface area contributed by atoms with Gasteiger partial charge in [0.15, 0.2) is 5.60 Å². The van der Waals surface area contributed by atoms with Gasteiger partial charge in [-0.25, -0.2) is 0 Å². The molecule has 4 nitrogen and oxygen atoms in total. The molecule has 5 aliphatic rings. The summed E-state index contributed by atoms with van der Waals surface area (Å²) in [6.07, 6.45) is 15.9. The molecule has 0 bridgehead atoms. The normalized spacial score (nSPS) is 49.3. The number of ether oxygens (including phenoxy) is 2. The van der Waals surface area contributed by atoms with Crippen molar-refractivity contribution >= 4 is 11.9 Å². The number of fused-ring (bicyclic) bond motifs is 7. The summed E-state index contributed by atoms with van der Waals surface area (Å²) < 4.78 is 11.5. The van der Waals surface area contributed by atoms with Crippen molar-refractivity contribution in [1.29, 1.82) is 0 Å². The molecule has 0 spiro atoms. The molecular formula is C25H32O4. The Bertz CT molecular complexity index is 821. The van der Waals surface area contributed by atoms with Crippen LogP contribution in [-0.4, -0.2) is 23.6 Å². The standard InChI is InChI=1S/C25H32O4/c1-5-25(29-15(3)27)22-13-21(22)23-20-8-6-16-12-17(28-14(2)26)7-9-18(16)19(20)10-11-24(23,25)4/h1,12,17-23H,6-11,13H2,2-4H3/t17-,18-,19+,20+,21-,22+,23+,24-,25-/m0/s1. The van der Waals surface area contributed by atoms with Gasteiger partial charge in [0.1, 0.15) is 6.10 Å². The van der Waals surface area contributed by atoms with E-state index in [2.05, 4.69) is 18.9 Å². The lowest BCUT2D eigenvalue weighted by atomic mass is 9.49. The molecule has 156 valence electrons. The number of allylic oxidation sites excluding steroid dienone is 1. The highest BCUT2D eigenvalue weighted by Crippen LogP contribution is 2.76. The van der Waals surface area contributed by atoms with Crippen LogP contribution >= 0.6 is 0 Å². The molecule has 0 radical (unpaired) electrons. The van der Waals surface area contributed by atoms with E-state index in [-0.39, 0.29) is 23.5 Å². The third kappa shape index (κ3) is 2.58. The fourth-order valence-electron chi connectivity index (χ4n) is 8.30. The molecule has 0 amide bonds. The number of terminal acetylenes is 1. The van der Waals surface area contributed by atoms with E-state index in [0.717, 1.165) is 38.5 Å². The quantitative estimate of drug-likeness (QED) is 0.397. The van der Waals surface area contributed by atoms with Crippen LogP contribution in [-0.2, 0) is 19.1 Å². The molecule has 4 heteroatoms. The van der Waals surface area contributed by atoms with Crippen LogP contribution in [0.25, 0.3) is 0 Å².